The van der Waals surface area contributed by atoms with E-state index in [-0.39, 0.29) is 35.3 Å². The van der Waals surface area contributed by atoms with Crippen molar-refractivity contribution in [3.05, 3.63) is 29.8 Å². The minimum absolute atomic E-state index is 0. The SMILES string of the molecule is CNC(C)CNC(=O)C1CCCN1C1=NS(=O)(=O)c2ccccc21.Cl. The minimum Gasteiger partial charge on any atom is -0.353 e. The van der Waals surface area contributed by atoms with Gasteiger partial charge in [0.2, 0.25) is 5.91 Å². The number of likely N-dealkylation sites (tertiary alicyclic amines) is 1. The molecule has 0 saturated carbocycles. The average Bonchev–Trinajstić information content (AvgIpc) is 3.15. The highest BCUT2D eigenvalue weighted by Crippen LogP contribution is 2.31. The maximum absolute atomic E-state index is 12.5. The van der Waals surface area contributed by atoms with Gasteiger partial charge in [-0.15, -0.1) is 16.8 Å². The number of amidine groups is 1. The highest BCUT2D eigenvalue weighted by molar-refractivity contribution is 7.90. The zero-order valence-electron chi connectivity index (χ0n) is 14.2. The van der Waals surface area contributed by atoms with Crippen LogP contribution in [0.1, 0.15) is 25.3 Å². The lowest BCUT2D eigenvalue weighted by Crippen LogP contribution is -2.48. The number of benzene rings is 1. The van der Waals surface area contributed by atoms with Gasteiger partial charge >= 0.3 is 0 Å². The lowest BCUT2D eigenvalue weighted by atomic mass is 10.1. The predicted molar refractivity (Wildman–Crippen MR) is 98.7 cm³/mol. The van der Waals surface area contributed by atoms with E-state index in [2.05, 4.69) is 15.0 Å². The molecule has 2 heterocycles. The van der Waals surface area contributed by atoms with E-state index in [0.29, 0.717) is 30.9 Å². The Hall–Kier alpha value is -1.64. The predicted octanol–water partition coefficient (Wildman–Crippen LogP) is 0.746. The summed E-state index contributed by atoms with van der Waals surface area (Å²) >= 11 is 0. The van der Waals surface area contributed by atoms with Crippen molar-refractivity contribution in [2.75, 3.05) is 20.1 Å². The molecular formula is C16H23ClN4O3S. The second kappa shape index (κ2) is 7.72. The van der Waals surface area contributed by atoms with Gasteiger partial charge in [-0.25, -0.2) is 0 Å². The van der Waals surface area contributed by atoms with Gasteiger partial charge in [0.15, 0.2) is 5.84 Å². The number of amides is 1. The first kappa shape index (κ1) is 19.7. The van der Waals surface area contributed by atoms with Gasteiger partial charge in [0.25, 0.3) is 10.0 Å². The van der Waals surface area contributed by atoms with E-state index in [4.69, 9.17) is 0 Å². The summed E-state index contributed by atoms with van der Waals surface area (Å²) in [6.07, 6.45) is 1.53. The van der Waals surface area contributed by atoms with Crippen LogP contribution in [0.4, 0.5) is 0 Å². The second-order valence-corrected chi connectivity index (χ2v) is 7.74. The molecule has 2 aliphatic heterocycles. The van der Waals surface area contributed by atoms with Crippen molar-refractivity contribution in [1.82, 2.24) is 15.5 Å². The van der Waals surface area contributed by atoms with Crippen LogP contribution in [-0.2, 0) is 14.8 Å². The monoisotopic (exact) mass is 386 g/mol. The molecule has 1 fully saturated rings. The van der Waals surface area contributed by atoms with Gasteiger partial charge in [0.1, 0.15) is 10.9 Å². The molecular weight excluding hydrogens is 364 g/mol. The summed E-state index contributed by atoms with van der Waals surface area (Å²) < 4.78 is 28.4. The molecule has 9 heteroatoms. The molecule has 1 saturated heterocycles. The van der Waals surface area contributed by atoms with Crippen molar-refractivity contribution >= 4 is 34.2 Å². The van der Waals surface area contributed by atoms with Crippen molar-refractivity contribution in [2.45, 2.75) is 36.7 Å². The third-order valence-electron chi connectivity index (χ3n) is 4.52. The number of hydrogen-bond acceptors (Lipinski definition) is 5. The zero-order chi connectivity index (χ0) is 17.3. The summed E-state index contributed by atoms with van der Waals surface area (Å²) in [5.74, 6) is 0.309. The van der Waals surface area contributed by atoms with E-state index in [1.54, 1.807) is 24.3 Å². The topological polar surface area (TPSA) is 90.9 Å². The Morgan fingerprint density at radius 3 is 2.84 bits per heavy atom. The van der Waals surface area contributed by atoms with Gasteiger partial charge in [-0.05, 0) is 38.9 Å². The Labute approximate surface area is 154 Å². The van der Waals surface area contributed by atoms with Gasteiger partial charge in [-0.2, -0.15) is 8.42 Å². The molecule has 2 unspecified atom stereocenters. The molecule has 0 bridgehead atoms. The van der Waals surface area contributed by atoms with Gasteiger partial charge in [-0.1, -0.05) is 12.1 Å². The fraction of sp³-hybridized carbons (Fsp3) is 0.500. The van der Waals surface area contributed by atoms with Crippen molar-refractivity contribution in [3.63, 3.8) is 0 Å². The number of fused-ring (bicyclic) bond motifs is 1. The van der Waals surface area contributed by atoms with Crippen LogP contribution in [0.25, 0.3) is 0 Å². The van der Waals surface area contributed by atoms with E-state index >= 15 is 0 Å². The number of nitrogens with zero attached hydrogens (tertiary/aromatic N) is 2. The first-order valence-electron chi connectivity index (χ1n) is 8.10. The van der Waals surface area contributed by atoms with E-state index in [1.165, 1.54) is 0 Å². The number of likely N-dealkylation sites (N-methyl/N-ethyl adjacent to an activating group) is 1. The molecule has 1 aromatic rings. The zero-order valence-corrected chi connectivity index (χ0v) is 15.9. The van der Waals surface area contributed by atoms with Gasteiger partial charge in [0, 0.05) is 24.7 Å². The van der Waals surface area contributed by atoms with Crippen LogP contribution in [0.5, 0.6) is 0 Å². The third kappa shape index (κ3) is 3.80. The van der Waals surface area contributed by atoms with Crippen molar-refractivity contribution in [3.8, 4) is 0 Å². The standard InChI is InChI=1S/C16H22N4O3S.ClH/c1-11(17-2)10-18-16(21)13-7-5-9-20(13)15-12-6-3-4-8-14(12)24(22,23)19-15;/h3-4,6,8,11,13,17H,5,7,9-10H2,1-2H3,(H,18,21);1H. The third-order valence-corrected chi connectivity index (χ3v) is 5.84. The van der Waals surface area contributed by atoms with Crippen molar-refractivity contribution in [2.24, 2.45) is 4.40 Å². The number of hydrogen-bond donors (Lipinski definition) is 2. The number of halogens is 1. The smallest absolute Gasteiger partial charge is 0.285 e. The Kier molecular flexibility index (Phi) is 6.08. The molecule has 0 aromatic heterocycles. The van der Waals surface area contributed by atoms with Gasteiger partial charge in [0.05, 0.1) is 0 Å². The number of carbonyl (C=O) groups is 1. The molecule has 0 radical (unpaired) electrons. The van der Waals surface area contributed by atoms with Gasteiger partial charge < -0.3 is 15.5 Å². The Bertz CT molecular complexity index is 781. The largest absolute Gasteiger partial charge is 0.353 e. The maximum Gasteiger partial charge on any atom is 0.285 e. The minimum atomic E-state index is -3.67. The van der Waals surface area contributed by atoms with Gasteiger partial charge in [-0.3, -0.25) is 4.79 Å². The summed E-state index contributed by atoms with van der Waals surface area (Å²) in [5.41, 5.74) is 0.584. The highest BCUT2D eigenvalue weighted by Gasteiger charge is 2.39. The molecule has 2 aliphatic rings. The summed E-state index contributed by atoms with van der Waals surface area (Å²) in [6, 6.07) is 6.57. The molecule has 7 nitrogen and oxygen atoms in total. The highest BCUT2D eigenvalue weighted by atomic mass is 35.5. The van der Waals surface area contributed by atoms with E-state index in [9.17, 15) is 13.2 Å². The van der Waals surface area contributed by atoms with E-state index < -0.39 is 10.0 Å². The lowest BCUT2D eigenvalue weighted by Gasteiger charge is -2.26. The summed E-state index contributed by atoms with van der Waals surface area (Å²) in [5, 5.41) is 6.00. The average molecular weight is 387 g/mol. The Morgan fingerprint density at radius 1 is 1.40 bits per heavy atom. The number of nitrogens with one attached hydrogen (secondary N) is 2. The van der Waals surface area contributed by atoms with Crippen LogP contribution >= 0.6 is 12.4 Å². The molecule has 25 heavy (non-hydrogen) atoms. The lowest BCUT2D eigenvalue weighted by molar-refractivity contribution is -0.124. The Balaban J connectivity index is 0.00000225. The van der Waals surface area contributed by atoms with E-state index in [0.717, 1.165) is 6.42 Å². The van der Waals surface area contributed by atoms with Crippen molar-refractivity contribution < 1.29 is 13.2 Å². The fourth-order valence-corrected chi connectivity index (χ4v) is 4.28. The normalized spacial score (nSPS) is 21.9. The maximum atomic E-state index is 12.5. The van der Waals surface area contributed by atoms with Crippen LogP contribution in [0.2, 0.25) is 0 Å². The first-order chi connectivity index (χ1) is 11.4. The van der Waals surface area contributed by atoms with Crippen LogP contribution in [0.3, 0.4) is 0 Å². The summed E-state index contributed by atoms with van der Waals surface area (Å²) in [4.78, 5) is 14.6. The quantitative estimate of drug-likeness (QED) is 0.796. The number of rotatable bonds is 4. The van der Waals surface area contributed by atoms with Crippen LogP contribution < -0.4 is 10.6 Å². The van der Waals surface area contributed by atoms with Crippen molar-refractivity contribution in [1.29, 1.82) is 0 Å². The molecule has 0 spiro atoms. The van der Waals surface area contributed by atoms with Crippen LogP contribution in [0.15, 0.2) is 33.6 Å². The summed E-state index contributed by atoms with van der Waals surface area (Å²) in [7, 11) is -1.83. The first-order valence-corrected chi connectivity index (χ1v) is 9.54. The molecule has 0 aliphatic carbocycles. The van der Waals surface area contributed by atoms with Crippen LogP contribution in [-0.4, -0.2) is 57.3 Å². The van der Waals surface area contributed by atoms with E-state index in [1.807, 2.05) is 18.9 Å². The molecule has 1 aromatic carbocycles. The second-order valence-electron chi connectivity index (χ2n) is 6.17. The molecule has 138 valence electrons. The molecule has 3 rings (SSSR count). The fourth-order valence-electron chi connectivity index (χ4n) is 3.06. The number of carbonyl (C=O) groups excluding carboxylic acids is 1. The summed E-state index contributed by atoms with van der Waals surface area (Å²) in [6.45, 7) is 3.14. The van der Waals surface area contributed by atoms with Crippen LogP contribution in [0, 0.1) is 0 Å². The molecule has 2 atom stereocenters. The molecule has 1 amide bonds. The Morgan fingerprint density at radius 2 is 2.12 bits per heavy atom. The number of sulfonamides is 1. The molecule has 2 N–H and O–H groups in total.